The van der Waals surface area contributed by atoms with E-state index in [0.29, 0.717) is 16.9 Å². The molecule has 2 nitrogen and oxygen atoms in total. The molecule has 0 amide bonds. The van der Waals surface area contributed by atoms with Crippen molar-refractivity contribution in [1.82, 2.24) is 9.97 Å². The molecule has 0 saturated carbocycles. The summed E-state index contributed by atoms with van der Waals surface area (Å²) in [6.45, 7) is 4.31. The van der Waals surface area contributed by atoms with E-state index in [1.54, 1.807) is 0 Å². The van der Waals surface area contributed by atoms with Gasteiger partial charge in [0.25, 0.3) is 0 Å². The first-order chi connectivity index (χ1) is 8.58. The largest absolute Gasteiger partial charge is 0.232 e. The van der Waals surface area contributed by atoms with E-state index in [4.69, 9.17) is 11.6 Å². The van der Waals surface area contributed by atoms with Crippen molar-refractivity contribution >= 4 is 27.5 Å². The van der Waals surface area contributed by atoms with E-state index in [0.717, 1.165) is 22.2 Å². The van der Waals surface area contributed by atoms with Crippen LogP contribution in [0.5, 0.6) is 0 Å². The molecule has 2 rings (SSSR count). The molecule has 1 heterocycles. The second kappa shape index (κ2) is 5.81. The van der Waals surface area contributed by atoms with Gasteiger partial charge in [-0.3, -0.25) is 0 Å². The lowest BCUT2D eigenvalue weighted by Gasteiger charge is -2.10. The summed E-state index contributed by atoms with van der Waals surface area (Å²) in [4.78, 5) is 8.92. The highest BCUT2D eigenvalue weighted by Gasteiger charge is 2.13. The quantitative estimate of drug-likeness (QED) is 0.760. The molecule has 1 aromatic carbocycles. The van der Waals surface area contributed by atoms with Gasteiger partial charge in [-0.2, -0.15) is 0 Å². The molecular formula is C14H14BrClN2. The summed E-state index contributed by atoms with van der Waals surface area (Å²) < 4.78 is 0.803. The van der Waals surface area contributed by atoms with E-state index in [2.05, 4.69) is 39.7 Å². The van der Waals surface area contributed by atoms with E-state index in [1.165, 1.54) is 0 Å². The Kier molecular flexibility index (Phi) is 4.36. The Morgan fingerprint density at radius 3 is 2.44 bits per heavy atom. The highest BCUT2D eigenvalue weighted by Crippen LogP contribution is 2.28. The lowest BCUT2D eigenvalue weighted by molar-refractivity contribution is 0.632. The molecule has 1 aromatic heterocycles. The maximum Gasteiger partial charge on any atom is 0.161 e. The van der Waals surface area contributed by atoms with Crippen LogP contribution in [0.4, 0.5) is 0 Å². The third kappa shape index (κ3) is 3.09. The molecule has 0 spiro atoms. The van der Waals surface area contributed by atoms with Crippen molar-refractivity contribution < 1.29 is 0 Å². The van der Waals surface area contributed by atoms with Gasteiger partial charge < -0.3 is 0 Å². The fourth-order valence-electron chi connectivity index (χ4n) is 1.70. The number of hydrogen-bond acceptors (Lipinski definition) is 2. The lowest BCUT2D eigenvalue weighted by atomic mass is 10.1. The Morgan fingerprint density at radius 1 is 1.17 bits per heavy atom. The minimum Gasteiger partial charge on any atom is -0.232 e. The van der Waals surface area contributed by atoms with Crippen LogP contribution in [0.2, 0.25) is 5.15 Å². The van der Waals surface area contributed by atoms with Gasteiger partial charge in [0.15, 0.2) is 5.82 Å². The molecule has 0 atom stereocenters. The fraction of sp³-hybridized carbons (Fsp3) is 0.286. The minimum atomic E-state index is 0.472. The van der Waals surface area contributed by atoms with E-state index < -0.39 is 0 Å². The number of hydrogen-bond donors (Lipinski definition) is 0. The second-order valence-corrected chi connectivity index (χ2v) is 5.71. The molecule has 2 aromatic rings. The zero-order chi connectivity index (χ0) is 13.1. The molecule has 0 radical (unpaired) electrons. The van der Waals surface area contributed by atoms with Crippen molar-refractivity contribution in [3.8, 4) is 11.4 Å². The minimum absolute atomic E-state index is 0.472. The predicted octanol–water partition coefficient (Wildman–Crippen LogP) is 4.76. The van der Waals surface area contributed by atoms with Gasteiger partial charge in [0, 0.05) is 5.56 Å². The first kappa shape index (κ1) is 13.5. The maximum atomic E-state index is 6.15. The van der Waals surface area contributed by atoms with Crippen LogP contribution in [0.3, 0.4) is 0 Å². The van der Waals surface area contributed by atoms with Gasteiger partial charge in [0.2, 0.25) is 0 Å². The summed E-state index contributed by atoms with van der Waals surface area (Å²) in [6, 6.07) is 9.88. The molecule has 0 bridgehead atoms. The molecule has 0 saturated heterocycles. The van der Waals surface area contributed by atoms with E-state index in [1.807, 2.05) is 30.3 Å². The average Bonchev–Trinajstić information content (AvgIpc) is 2.35. The third-order valence-electron chi connectivity index (χ3n) is 2.51. The van der Waals surface area contributed by atoms with Crippen LogP contribution in [-0.4, -0.2) is 9.97 Å². The third-order valence-corrected chi connectivity index (χ3v) is 3.85. The van der Waals surface area contributed by atoms with Gasteiger partial charge in [0.1, 0.15) is 5.15 Å². The van der Waals surface area contributed by atoms with Gasteiger partial charge in [-0.1, -0.05) is 55.8 Å². The van der Waals surface area contributed by atoms with Crippen molar-refractivity contribution in [3.63, 3.8) is 0 Å². The van der Waals surface area contributed by atoms with Crippen molar-refractivity contribution in [3.05, 3.63) is 45.7 Å². The van der Waals surface area contributed by atoms with Crippen LogP contribution < -0.4 is 0 Å². The highest BCUT2D eigenvalue weighted by atomic mass is 79.9. The summed E-state index contributed by atoms with van der Waals surface area (Å²) in [5.74, 6) is 1.20. The summed E-state index contributed by atoms with van der Waals surface area (Å²) >= 11 is 9.61. The molecular weight excluding hydrogens is 312 g/mol. The Labute approximate surface area is 121 Å². The van der Waals surface area contributed by atoms with Gasteiger partial charge >= 0.3 is 0 Å². The van der Waals surface area contributed by atoms with Crippen molar-refractivity contribution in [2.24, 2.45) is 5.92 Å². The van der Waals surface area contributed by atoms with Crippen molar-refractivity contribution in [2.45, 2.75) is 20.3 Å². The number of nitrogens with zero attached hydrogens (tertiary/aromatic N) is 2. The van der Waals surface area contributed by atoms with E-state index in [-0.39, 0.29) is 0 Å². The standard InChI is InChI=1S/C14H14BrClN2/c1-9(2)8-11-12(15)13(16)18-14(17-11)10-6-4-3-5-7-10/h3-7,9H,8H2,1-2H3. The molecule has 0 aliphatic carbocycles. The van der Waals surface area contributed by atoms with E-state index in [9.17, 15) is 0 Å². The molecule has 4 heteroatoms. The smallest absolute Gasteiger partial charge is 0.161 e. The van der Waals surface area contributed by atoms with Gasteiger partial charge in [-0.25, -0.2) is 9.97 Å². The summed E-state index contributed by atoms with van der Waals surface area (Å²) in [7, 11) is 0. The van der Waals surface area contributed by atoms with Gasteiger partial charge in [-0.05, 0) is 28.3 Å². The zero-order valence-corrected chi connectivity index (χ0v) is 12.7. The van der Waals surface area contributed by atoms with Crippen LogP contribution in [0.15, 0.2) is 34.8 Å². The predicted molar refractivity (Wildman–Crippen MR) is 78.7 cm³/mol. The van der Waals surface area contributed by atoms with Crippen molar-refractivity contribution in [1.29, 1.82) is 0 Å². The normalized spacial score (nSPS) is 10.9. The fourth-order valence-corrected chi connectivity index (χ4v) is 2.23. The first-order valence-electron chi connectivity index (χ1n) is 5.85. The van der Waals surface area contributed by atoms with Crippen LogP contribution in [0.25, 0.3) is 11.4 Å². The molecule has 94 valence electrons. The second-order valence-electron chi connectivity index (χ2n) is 4.56. The topological polar surface area (TPSA) is 25.8 Å². The molecule has 0 aliphatic rings. The number of benzene rings is 1. The summed E-state index contributed by atoms with van der Waals surface area (Å²) in [5.41, 5.74) is 1.95. The van der Waals surface area contributed by atoms with Crippen LogP contribution in [0.1, 0.15) is 19.5 Å². The number of aromatic nitrogens is 2. The number of rotatable bonds is 3. The SMILES string of the molecule is CC(C)Cc1nc(-c2ccccc2)nc(Cl)c1Br. The van der Waals surface area contributed by atoms with Gasteiger partial charge in [0.05, 0.1) is 10.2 Å². The average molecular weight is 326 g/mol. The summed E-state index contributed by atoms with van der Waals surface area (Å²) in [6.07, 6.45) is 0.878. The number of halogens is 2. The first-order valence-corrected chi connectivity index (χ1v) is 7.02. The molecule has 0 fully saturated rings. The molecule has 0 unspecified atom stereocenters. The Hall–Kier alpha value is -0.930. The Bertz CT molecular complexity index is 541. The van der Waals surface area contributed by atoms with Crippen LogP contribution in [0, 0.1) is 5.92 Å². The molecule has 18 heavy (non-hydrogen) atoms. The maximum absolute atomic E-state index is 6.15. The van der Waals surface area contributed by atoms with Crippen molar-refractivity contribution in [2.75, 3.05) is 0 Å². The van der Waals surface area contributed by atoms with Crippen LogP contribution in [-0.2, 0) is 6.42 Å². The van der Waals surface area contributed by atoms with E-state index >= 15 is 0 Å². The molecule has 0 N–H and O–H groups in total. The highest BCUT2D eigenvalue weighted by molar-refractivity contribution is 9.10. The summed E-state index contributed by atoms with van der Waals surface area (Å²) in [5, 5.41) is 0.472. The zero-order valence-electron chi connectivity index (χ0n) is 10.3. The Morgan fingerprint density at radius 2 is 1.83 bits per heavy atom. The van der Waals surface area contributed by atoms with Gasteiger partial charge in [-0.15, -0.1) is 0 Å². The van der Waals surface area contributed by atoms with Crippen LogP contribution >= 0.6 is 27.5 Å². The molecule has 0 aliphatic heterocycles. The monoisotopic (exact) mass is 324 g/mol. The lowest BCUT2D eigenvalue weighted by Crippen LogP contribution is -2.02. The Balaban J connectivity index is 2.47.